The van der Waals surface area contributed by atoms with Crippen molar-refractivity contribution >= 4 is 0 Å². The van der Waals surface area contributed by atoms with Crippen molar-refractivity contribution in [2.24, 2.45) is 11.8 Å². The summed E-state index contributed by atoms with van der Waals surface area (Å²) in [6.45, 7) is 4.24. The molecule has 3 nitrogen and oxygen atoms in total. The maximum Gasteiger partial charge on any atom is 0.159 e. The van der Waals surface area contributed by atoms with Gasteiger partial charge in [0.05, 0.1) is 11.6 Å². The van der Waals surface area contributed by atoms with Gasteiger partial charge in [-0.2, -0.15) is 5.26 Å². The highest BCUT2D eigenvalue weighted by Crippen LogP contribution is 2.34. The SMILES string of the molecule is CCCCC[C@H]1CC[C@H](CCc2cnc(-c3ccc(C#N)c(C)c3)nc2)CC1. The second-order valence-corrected chi connectivity index (χ2v) is 8.48. The quantitative estimate of drug-likeness (QED) is 0.486. The third kappa shape index (κ3) is 5.64. The zero-order valence-corrected chi connectivity index (χ0v) is 17.5. The molecule has 1 aliphatic rings. The lowest BCUT2D eigenvalue weighted by Crippen LogP contribution is -2.15. The Morgan fingerprint density at radius 1 is 1.00 bits per heavy atom. The van der Waals surface area contributed by atoms with Gasteiger partial charge in [-0.05, 0) is 60.9 Å². The molecule has 0 spiro atoms. The summed E-state index contributed by atoms with van der Waals surface area (Å²) in [7, 11) is 0. The molecule has 1 aromatic carbocycles. The average Bonchev–Trinajstić information content (AvgIpc) is 2.74. The highest BCUT2D eigenvalue weighted by molar-refractivity contribution is 5.58. The molecule has 0 amide bonds. The van der Waals surface area contributed by atoms with Crippen molar-refractivity contribution in [3.05, 3.63) is 47.3 Å². The fourth-order valence-electron chi connectivity index (χ4n) is 4.42. The summed E-state index contributed by atoms with van der Waals surface area (Å²) in [5.74, 6) is 2.61. The first-order chi connectivity index (χ1) is 13.7. The average molecular weight is 376 g/mol. The molecular weight excluding hydrogens is 342 g/mol. The van der Waals surface area contributed by atoms with Crippen LogP contribution < -0.4 is 0 Å². The molecular formula is C25H33N3. The van der Waals surface area contributed by atoms with Crippen molar-refractivity contribution in [1.29, 1.82) is 5.26 Å². The lowest BCUT2D eigenvalue weighted by atomic mass is 9.78. The molecule has 0 saturated heterocycles. The fraction of sp³-hybridized carbons (Fsp3) is 0.560. The van der Waals surface area contributed by atoms with Crippen molar-refractivity contribution in [2.75, 3.05) is 0 Å². The summed E-state index contributed by atoms with van der Waals surface area (Å²) in [6, 6.07) is 7.98. The van der Waals surface area contributed by atoms with Crippen LogP contribution in [0.25, 0.3) is 11.4 Å². The normalized spacial score (nSPS) is 19.3. The number of unbranched alkanes of at least 4 members (excludes halogenated alkanes) is 2. The van der Waals surface area contributed by atoms with Crippen molar-refractivity contribution in [3.8, 4) is 17.5 Å². The highest BCUT2D eigenvalue weighted by Gasteiger charge is 2.20. The minimum Gasteiger partial charge on any atom is -0.236 e. The van der Waals surface area contributed by atoms with Gasteiger partial charge in [-0.1, -0.05) is 58.3 Å². The van der Waals surface area contributed by atoms with E-state index in [9.17, 15) is 0 Å². The molecule has 2 aromatic rings. The number of aromatic nitrogens is 2. The lowest BCUT2D eigenvalue weighted by Gasteiger charge is -2.28. The van der Waals surface area contributed by atoms with Gasteiger partial charge in [0.15, 0.2) is 5.82 Å². The summed E-state index contributed by atoms with van der Waals surface area (Å²) in [5.41, 5.74) is 3.89. The Balaban J connectivity index is 1.46. The Bertz CT molecular complexity index is 780. The molecule has 1 heterocycles. The maximum absolute atomic E-state index is 9.06. The van der Waals surface area contributed by atoms with Crippen LogP contribution in [0.15, 0.2) is 30.6 Å². The highest BCUT2D eigenvalue weighted by atomic mass is 14.9. The van der Waals surface area contributed by atoms with Gasteiger partial charge >= 0.3 is 0 Å². The second kappa shape index (κ2) is 10.4. The summed E-state index contributed by atoms with van der Waals surface area (Å²) in [4.78, 5) is 9.14. The van der Waals surface area contributed by atoms with E-state index < -0.39 is 0 Å². The zero-order chi connectivity index (χ0) is 19.8. The van der Waals surface area contributed by atoms with Crippen molar-refractivity contribution in [1.82, 2.24) is 9.97 Å². The standard InChI is InChI=1S/C25H33N3/c1-3-4-5-6-20-7-9-21(10-8-20)11-12-22-17-27-25(28-18-22)23-13-14-24(16-26)19(2)15-23/h13-15,17-18,20-21H,3-12H2,1-2H3/t20-,21-. The van der Waals surface area contributed by atoms with Crippen molar-refractivity contribution in [3.63, 3.8) is 0 Å². The van der Waals surface area contributed by atoms with Gasteiger partial charge in [0.2, 0.25) is 0 Å². The van der Waals surface area contributed by atoms with Gasteiger partial charge < -0.3 is 0 Å². The predicted molar refractivity (Wildman–Crippen MR) is 115 cm³/mol. The molecule has 0 atom stereocenters. The number of benzene rings is 1. The molecule has 3 heteroatoms. The summed E-state index contributed by atoms with van der Waals surface area (Å²) in [5, 5.41) is 9.06. The first-order valence-corrected chi connectivity index (χ1v) is 11.0. The number of hydrogen-bond donors (Lipinski definition) is 0. The lowest BCUT2D eigenvalue weighted by molar-refractivity contribution is 0.249. The molecule has 28 heavy (non-hydrogen) atoms. The molecule has 0 unspecified atom stereocenters. The van der Waals surface area contributed by atoms with E-state index in [0.29, 0.717) is 5.56 Å². The third-order valence-electron chi connectivity index (χ3n) is 6.33. The summed E-state index contributed by atoms with van der Waals surface area (Å²) in [6.07, 6.45) is 17.6. The van der Waals surface area contributed by atoms with Crippen LogP contribution in [0.4, 0.5) is 0 Å². The van der Waals surface area contributed by atoms with E-state index in [0.717, 1.165) is 35.2 Å². The molecule has 3 rings (SSSR count). The first kappa shape index (κ1) is 20.5. The minimum atomic E-state index is 0.709. The van der Waals surface area contributed by atoms with Crippen LogP contribution in [0, 0.1) is 30.1 Å². The van der Waals surface area contributed by atoms with Crippen LogP contribution in [-0.2, 0) is 6.42 Å². The second-order valence-electron chi connectivity index (χ2n) is 8.48. The topological polar surface area (TPSA) is 49.6 Å². The van der Waals surface area contributed by atoms with Crippen LogP contribution in [0.1, 0.15) is 81.4 Å². The molecule has 0 bridgehead atoms. The molecule has 0 aliphatic heterocycles. The Hall–Kier alpha value is -2.21. The van der Waals surface area contributed by atoms with Crippen LogP contribution in [0.3, 0.4) is 0 Å². The predicted octanol–water partition coefficient (Wildman–Crippen LogP) is 6.64. The van der Waals surface area contributed by atoms with Crippen molar-refractivity contribution < 1.29 is 0 Å². The van der Waals surface area contributed by atoms with E-state index in [-0.39, 0.29) is 0 Å². The maximum atomic E-state index is 9.06. The number of hydrogen-bond acceptors (Lipinski definition) is 3. The smallest absolute Gasteiger partial charge is 0.159 e. The van der Waals surface area contributed by atoms with Gasteiger partial charge in [0.1, 0.15) is 0 Å². The molecule has 1 aliphatic carbocycles. The molecule has 0 radical (unpaired) electrons. The van der Waals surface area contributed by atoms with E-state index >= 15 is 0 Å². The summed E-state index contributed by atoms with van der Waals surface area (Å²) >= 11 is 0. The molecule has 0 N–H and O–H groups in total. The molecule has 148 valence electrons. The van der Waals surface area contributed by atoms with Gasteiger partial charge in [0.25, 0.3) is 0 Å². The Morgan fingerprint density at radius 2 is 1.68 bits per heavy atom. The summed E-state index contributed by atoms with van der Waals surface area (Å²) < 4.78 is 0. The molecule has 1 fully saturated rings. The number of rotatable bonds is 8. The Labute approximate surface area is 170 Å². The van der Waals surface area contributed by atoms with E-state index in [2.05, 4.69) is 23.0 Å². The minimum absolute atomic E-state index is 0.709. The largest absolute Gasteiger partial charge is 0.236 e. The zero-order valence-electron chi connectivity index (χ0n) is 17.5. The van der Waals surface area contributed by atoms with Crippen molar-refractivity contribution in [2.45, 2.75) is 78.1 Å². The monoisotopic (exact) mass is 375 g/mol. The fourth-order valence-corrected chi connectivity index (χ4v) is 4.42. The molecule has 1 saturated carbocycles. The van der Waals surface area contributed by atoms with Crippen LogP contribution in [-0.4, -0.2) is 9.97 Å². The van der Waals surface area contributed by atoms with Crippen LogP contribution >= 0.6 is 0 Å². The van der Waals surface area contributed by atoms with Gasteiger partial charge in [-0.25, -0.2) is 9.97 Å². The van der Waals surface area contributed by atoms with Gasteiger partial charge in [-0.15, -0.1) is 0 Å². The first-order valence-electron chi connectivity index (χ1n) is 11.0. The Kier molecular flexibility index (Phi) is 7.60. The number of aryl methyl sites for hydroxylation is 2. The number of nitriles is 1. The van der Waals surface area contributed by atoms with Crippen LogP contribution in [0.5, 0.6) is 0 Å². The van der Waals surface area contributed by atoms with Gasteiger partial charge in [0, 0.05) is 18.0 Å². The number of nitrogens with zero attached hydrogens (tertiary/aromatic N) is 3. The van der Waals surface area contributed by atoms with E-state index in [1.54, 1.807) is 0 Å². The Morgan fingerprint density at radius 3 is 2.29 bits per heavy atom. The van der Waals surface area contributed by atoms with Crippen LogP contribution in [0.2, 0.25) is 0 Å². The third-order valence-corrected chi connectivity index (χ3v) is 6.33. The van der Waals surface area contributed by atoms with Gasteiger partial charge in [-0.3, -0.25) is 0 Å². The van der Waals surface area contributed by atoms with E-state index in [4.69, 9.17) is 5.26 Å². The van der Waals surface area contributed by atoms with E-state index in [1.807, 2.05) is 37.5 Å². The molecule has 1 aromatic heterocycles. The van der Waals surface area contributed by atoms with E-state index in [1.165, 1.54) is 63.4 Å².